The van der Waals surface area contributed by atoms with Crippen molar-refractivity contribution in [1.82, 2.24) is 15.5 Å². The number of benzene rings is 1. The molecule has 0 radical (unpaired) electrons. The Morgan fingerprint density at radius 1 is 1.10 bits per heavy atom. The van der Waals surface area contributed by atoms with Crippen LogP contribution in [0.5, 0.6) is 0 Å². The third-order valence-corrected chi connectivity index (χ3v) is 3.99. The third kappa shape index (κ3) is 8.41. The Morgan fingerprint density at radius 3 is 2.13 bits per heavy atom. The second-order valence-corrected chi connectivity index (χ2v) is 8.65. The summed E-state index contributed by atoms with van der Waals surface area (Å²) in [6, 6.07) is 4.60. The lowest BCUT2D eigenvalue weighted by molar-refractivity contribution is -0.141. The SMILES string of the molecule is Cc1cc(C)cc(C(C(=O)NC(C)C)N(CCO)C(=O)CNC(=O)OC(C)(C)C)c1. The van der Waals surface area contributed by atoms with E-state index in [2.05, 4.69) is 10.6 Å². The van der Waals surface area contributed by atoms with Gasteiger partial charge in [-0.05, 0) is 54.0 Å². The number of carbonyl (C=O) groups is 3. The van der Waals surface area contributed by atoms with Crippen molar-refractivity contribution in [2.45, 2.75) is 66.2 Å². The summed E-state index contributed by atoms with van der Waals surface area (Å²) < 4.78 is 5.16. The second kappa shape index (κ2) is 11.0. The van der Waals surface area contributed by atoms with Crippen LogP contribution in [0, 0.1) is 13.8 Å². The minimum absolute atomic E-state index is 0.0575. The molecule has 0 bridgehead atoms. The zero-order valence-corrected chi connectivity index (χ0v) is 19.0. The Morgan fingerprint density at radius 2 is 1.67 bits per heavy atom. The van der Waals surface area contributed by atoms with Crippen molar-refractivity contribution in [1.29, 1.82) is 0 Å². The lowest BCUT2D eigenvalue weighted by atomic mass is 9.99. The Bertz CT molecular complexity index is 735. The molecule has 0 aliphatic carbocycles. The summed E-state index contributed by atoms with van der Waals surface area (Å²) in [6.07, 6.45) is -0.727. The number of hydrogen-bond donors (Lipinski definition) is 3. The molecule has 30 heavy (non-hydrogen) atoms. The average Bonchev–Trinajstić information content (AvgIpc) is 2.56. The number of hydrogen-bond acceptors (Lipinski definition) is 5. The molecular weight excluding hydrogens is 386 g/mol. The molecule has 0 saturated heterocycles. The Kier molecular flexibility index (Phi) is 9.29. The monoisotopic (exact) mass is 421 g/mol. The van der Waals surface area contributed by atoms with E-state index in [1.807, 2.05) is 45.9 Å². The summed E-state index contributed by atoms with van der Waals surface area (Å²) >= 11 is 0. The highest BCUT2D eigenvalue weighted by atomic mass is 16.6. The van der Waals surface area contributed by atoms with Crippen molar-refractivity contribution in [2.24, 2.45) is 0 Å². The molecule has 0 aromatic heterocycles. The molecule has 1 unspecified atom stereocenters. The van der Waals surface area contributed by atoms with E-state index in [-0.39, 0.29) is 31.6 Å². The first kappa shape index (κ1) is 25.4. The number of alkyl carbamates (subject to hydrolysis) is 1. The molecule has 1 rings (SSSR count). The number of rotatable bonds is 8. The van der Waals surface area contributed by atoms with Crippen molar-refractivity contribution in [3.8, 4) is 0 Å². The van der Waals surface area contributed by atoms with Gasteiger partial charge in [0.15, 0.2) is 0 Å². The van der Waals surface area contributed by atoms with Crippen molar-refractivity contribution in [2.75, 3.05) is 19.7 Å². The summed E-state index contributed by atoms with van der Waals surface area (Å²) in [6.45, 7) is 11.9. The summed E-state index contributed by atoms with van der Waals surface area (Å²) in [5.74, 6) is -0.855. The molecule has 8 heteroatoms. The van der Waals surface area contributed by atoms with E-state index < -0.39 is 23.6 Å². The van der Waals surface area contributed by atoms with Gasteiger partial charge in [-0.3, -0.25) is 9.59 Å². The van der Waals surface area contributed by atoms with Gasteiger partial charge in [-0.1, -0.05) is 29.3 Å². The van der Waals surface area contributed by atoms with Gasteiger partial charge in [-0.25, -0.2) is 4.79 Å². The Balaban J connectivity index is 3.18. The maximum absolute atomic E-state index is 13.0. The van der Waals surface area contributed by atoms with Crippen LogP contribution in [0.15, 0.2) is 18.2 Å². The van der Waals surface area contributed by atoms with Gasteiger partial charge >= 0.3 is 6.09 Å². The molecule has 0 aliphatic heterocycles. The number of carbonyl (C=O) groups excluding carboxylic acids is 3. The fourth-order valence-electron chi connectivity index (χ4n) is 3.07. The normalized spacial score (nSPS) is 12.3. The molecule has 0 heterocycles. The molecule has 0 spiro atoms. The van der Waals surface area contributed by atoms with Crippen molar-refractivity contribution in [3.05, 3.63) is 34.9 Å². The first-order valence-corrected chi connectivity index (χ1v) is 10.1. The third-order valence-electron chi connectivity index (χ3n) is 3.99. The highest BCUT2D eigenvalue weighted by molar-refractivity contribution is 5.90. The van der Waals surface area contributed by atoms with Gasteiger partial charge in [0, 0.05) is 12.6 Å². The highest BCUT2D eigenvalue weighted by Gasteiger charge is 2.32. The predicted molar refractivity (Wildman–Crippen MR) is 115 cm³/mol. The summed E-state index contributed by atoms with van der Waals surface area (Å²) in [4.78, 5) is 39.2. The summed E-state index contributed by atoms with van der Waals surface area (Å²) in [5, 5.41) is 14.8. The largest absolute Gasteiger partial charge is 0.444 e. The first-order valence-electron chi connectivity index (χ1n) is 10.1. The summed E-state index contributed by atoms with van der Waals surface area (Å²) in [5.41, 5.74) is 1.85. The highest BCUT2D eigenvalue weighted by Crippen LogP contribution is 2.24. The second-order valence-electron chi connectivity index (χ2n) is 8.65. The number of amides is 3. The van der Waals surface area contributed by atoms with Gasteiger partial charge in [0.2, 0.25) is 11.8 Å². The topological polar surface area (TPSA) is 108 Å². The molecule has 1 aromatic rings. The minimum Gasteiger partial charge on any atom is -0.444 e. The number of nitrogens with zero attached hydrogens (tertiary/aromatic N) is 1. The van der Waals surface area contributed by atoms with Crippen LogP contribution in [0.25, 0.3) is 0 Å². The molecule has 0 saturated carbocycles. The average molecular weight is 422 g/mol. The van der Waals surface area contributed by atoms with Crippen molar-refractivity contribution < 1.29 is 24.2 Å². The van der Waals surface area contributed by atoms with Gasteiger partial charge in [0.25, 0.3) is 0 Å². The van der Waals surface area contributed by atoms with Crippen LogP contribution in [0.2, 0.25) is 0 Å². The summed E-state index contributed by atoms with van der Waals surface area (Å²) in [7, 11) is 0. The van der Waals surface area contributed by atoms with Crippen LogP contribution in [0.1, 0.15) is 57.4 Å². The van der Waals surface area contributed by atoms with Gasteiger partial charge in [0.05, 0.1) is 6.61 Å². The fraction of sp³-hybridized carbons (Fsp3) is 0.591. The van der Waals surface area contributed by atoms with Crippen LogP contribution in [0.3, 0.4) is 0 Å². The number of aliphatic hydroxyl groups excluding tert-OH is 1. The Labute approximate surface area is 179 Å². The molecule has 1 aromatic carbocycles. The standard InChI is InChI=1S/C22H35N3O5/c1-14(2)24-20(28)19(17-11-15(3)10-16(4)12-17)25(8-9-26)18(27)13-23-21(29)30-22(5,6)7/h10-12,14,19,26H,8-9,13H2,1-7H3,(H,23,29)(H,24,28). The smallest absolute Gasteiger partial charge is 0.408 e. The lowest BCUT2D eigenvalue weighted by Crippen LogP contribution is -2.49. The van der Waals surface area contributed by atoms with Crippen LogP contribution < -0.4 is 10.6 Å². The van der Waals surface area contributed by atoms with E-state index in [0.717, 1.165) is 11.1 Å². The zero-order valence-electron chi connectivity index (χ0n) is 19.0. The first-order chi connectivity index (χ1) is 13.8. The van der Waals surface area contributed by atoms with Crippen LogP contribution in [-0.2, 0) is 14.3 Å². The quantitative estimate of drug-likeness (QED) is 0.596. The van der Waals surface area contributed by atoms with Crippen LogP contribution in [-0.4, -0.2) is 59.3 Å². The Hall–Kier alpha value is -2.61. The number of nitrogens with one attached hydrogen (secondary N) is 2. The van der Waals surface area contributed by atoms with Gasteiger partial charge < -0.3 is 25.4 Å². The number of ether oxygens (including phenoxy) is 1. The number of aryl methyl sites for hydroxylation is 2. The van der Waals surface area contributed by atoms with Gasteiger partial charge in [0.1, 0.15) is 18.2 Å². The molecule has 3 amide bonds. The van der Waals surface area contributed by atoms with Crippen molar-refractivity contribution in [3.63, 3.8) is 0 Å². The fourth-order valence-corrected chi connectivity index (χ4v) is 3.07. The molecule has 0 aliphatic rings. The van der Waals surface area contributed by atoms with E-state index in [1.165, 1.54) is 4.90 Å². The maximum atomic E-state index is 13.0. The molecular formula is C22H35N3O5. The molecule has 0 fully saturated rings. The van der Waals surface area contributed by atoms with Crippen molar-refractivity contribution >= 4 is 17.9 Å². The van der Waals surface area contributed by atoms with E-state index in [9.17, 15) is 19.5 Å². The lowest BCUT2D eigenvalue weighted by Gasteiger charge is -2.32. The van der Waals surface area contributed by atoms with Gasteiger partial charge in [-0.2, -0.15) is 0 Å². The molecule has 3 N–H and O–H groups in total. The van der Waals surface area contributed by atoms with Gasteiger partial charge in [-0.15, -0.1) is 0 Å². The van der Waals surface area contributed by atoms with E-state index >= 15 is 0 Å². The van der Waals surface area contributed by atoms with E-state index in [4.69, 9.17) is 4.74 Å². The van der Waals surface area contributed by atoms with E-state index in [0.29, 0.717) is 5.56 Å². The van der Waals surface area contributed by atoms with E-state index in [1.54, 1.807) is 20.8 Å². The molecule has 8 nitrogen and oxygen atoms in total. The van der Waals surface area contributed by atoms with Crippen LogP contribution in [0.4, 0.5) is 4.79 Å². The predicted octanol–water partition coefficient (Wildman–Crippen LogP) is 2.21. The molecule has 1 atom stereocenters. The van der Waals surface area contributed by atoms with Crippen LogP contribution >= 0.6 is 0 Å². The zero-order chi connectivity index (χ0) is 23.1. The minimum atomic E-state index is -0.939. The maximum Gasteiger partial charge on any atom is 0.408 e. The molecule has 168 valence electrons. The number of aliphatic hydroxyl groups is 1.